The number of amides is 1. The zero-order chi connectivity index (χ0) is 13.0. The molecule has 0 aliphatic heterocycles. The van der Waals surface area contributed by atoms with Crippen LogP contribution in [-0.4, -0.2) is 32.6 Å². The van der Waals surface area contributed by atoms with Crippen LogP contribution in [0, 0.1) is 5.82 Å². The average Bonchev–Trinajstić information content (AvgIpc) is 2.85. The molecule has 0 unspecified atom stereocenters. The molecule has 0 saturated carbocycles. The number of aromatic nitrogens is 4. The number of hydrogen-bond acceptors (Lipinski definition) is 5. The van der Waals surface area contributed by atoms with Crippen molar-refractivity contribution in [3.8, 4) is 0 Å². The Morgan fingerprint density at radius 3 is 3.06 bits per heavy atom. The zero-order valence-electron chi connectivity index (χ0n) is 9.35. The Labute approximate surface area is 102 Å². The number of nitrogens with two attached hydrogens (primary N) is 1. The molecule has 94 valence electrons. The van der Waals surface area contributed by atoms with Crippen LogP contribution in [0.4, 0.5) is 10.2 Å². The number of nitrogens with one attached hydrogen (secondary N) is 2. The van der Waals surface area contributed by atoms with Crippen LogP contribution in [0.25, 0.3) is 0 Å². The Balaban J connectivity index is 1.93. The molecule has 0 fully saturated rings. The van der Waals surface area contributed by atoms with Crippen LogP contribution in [0.1, 0.15) is 16.2 Å². The zero-order valence-corrected chi connectivity index (χ0v) is 9.35. The van der Waals surface area contributed by atoms with Crippen LogP contribution in [-0.2, 0) is 6.42 Å². The first-order valence-electron chi connectivity index (χ1n) is 5.21. The van der Waals surface area contributed by atoms with Gasteiger partial charge in [-0.2, -0.15) is 5.10 Å². The molecule has 18 heavy (non-hydrogen) atoms. The predicted molar refractivity (Wildman–Crippen MR) is 61.0 cm³/mol. The van der Waals surface area contributed by atoms with E-state index >= 15 is 0 Å². The molecule has 2 rings (SSSR count). The molecule has 2 heterocycles. The van der Waals surface area contributed by atoms with Crippen LogP contribution in [0.2, 0.25) is 0 Å². The number of hydrogen-bond donors (Lipinski definition) is 3. The number of rotatable bonds is 4. The second kappa shape index (κ2) is 5.21. The summed E-state index contributed by atoms with van der Waals surface area (Å²) in [4.78, 5) is 19.1. The van der Waals surface area contributed by atoms with Gasteiger partial charge in [0.15, 0.2) is 11.6 Å². The lowest BCUT2D eigenvalue weighted by atomic mass is 10.2. The molecule has 2 aromatic rings. The first kappa shape index (κ1) is 12.0. The van der Waals surface area contributed by atoms with Crippen molar-refractivity contribution in [3.05, 3.63) is 35.8 Å². The summed E-state index contributed by atoms with van der Waals surface area (Å²) >= 11 is 0. The van der Waals surface area contributed by atoms with E-state index in [1.165, 1.54) is 18.6 Å². The van der Waals surface area contributed by atoms with Crippen LogP contribution >= 0.6 is 0 Å². The van der Waals surface area contributed by atoms with Crippen LogP contribution in [0.3, 0.4) is 0 Å². The topological polar surface area (TPSA) is 110 Å². The molecule has 0 aromatic carbocycles. The molecule has 7 nitrogen and oxygen atoms in total. The molecule has 1 amide bonds. The summed E-state index contributed by atoms with van der Waals surface area (Å²) in [5.74, 6) is -1.00. The second-order valence-corrected chi connectivity index (χ2v) is 3.50. The summed E-state index contributed by atoms with van der Waals surface area (Å²) < 4.78 is 13.5. The van der Waals surface area contributed by atoms with Gasteiger partial charge in [-0.3, -0.25) is 9.89 Å². The number of anilines is 1. The van der Waals surface area contributed by atoms with Crippen molar-refractivity contribution in [1.82, 2.24) is 25.5 Å². The normalized spacial score (nSPS) is 10.3. The Hall–Kier alpha value is -2.51. The minimum atomic E-state index is -0.810. The van der Waals surface area contributed by atoms with Crippen molar-refractivity contribution in [3.63, 3.8) is 0 Å². The van der Waals surface area contributed by atoms with Gasteiger partial charge in [0.2, 0.25) is 0 Å². The second-order valence-electron chi connectivity index (χ2n) is 3.50. The number of H-pyrrole nitrogens is 1. The van der Waals surface area contributed by atoms with E-state index in [1.54, 1.807) is 0 Å². The van der Waals surface area contributed by atoms with Gasteiger partial charge in [0.1, 0.15) is 12.2 Å². The van der Waals surface area contributed by atoms with Gasteiger partial charge in [0.25, 0.3) is 5.91 Å². The SMILES string of the molecule is Nc1nccc(C(=O)NCCc2ncn[nH]2)c1F. The number of nitrogen functional groups attached to an aromatic ring is 1. The first-order chi connectivity index (χ1) is 8.68. The van der Waals surface area contributed by atoms with Gasteiger partial charge in [-0.1, -0.05) is 0 Å². The third-order valence-corrected chi connectivity index (χ3v) is 2.27. The number of carbonyl (C=O) groups is 1. The summed E-state index contributed by atoms with van der Waals surface area (Å²) in [6.45, 7) is 0.315. The third kappa shape index (κ3) is 2.59. The molecule has 0 saturated heterocycles. The summed E-state index contributed by atoms with van der Waals surface area (Å²) in [5, 5.41) is 8.88. The van der Waals surface area contributed by atoms with E-state index in [0.717, 1.165) is 0 Å². The molecule has 0 atom stereocenters. The molecule has 0 bridgehead atoms. The highest BCUT2D eigenvalue weighted by molar-refractivity contribution is 5.95. The maximum Gasteiger partial charge on any atom is 0.254 e. The number of halogens is 1. The predicted octanol–water partition coefficient (Wildman–Crippen LogP) is -0.107. The lowest BCUT2D eigenvalue weighted by Crippen LogP contribution is -2.27. The molecular formula is C10H11FN6O. The van der Waals surface area contributed by atoms with E-state index in [1.807, 2.05) is 0 Å². The highest BCUT2D eigenvalue weighted by Crippen LogP contribution is 2.11. The van der Waals surface area contributed by atoms with Gasteiger partial charge in [-0.15, -0.1) is 0 Å². The van der Waals surface area contributed by atoms with Gasteiger partial charge < -0.3 is 11.1 Å². The fraction of sp³-hybridized carbons (Fsp3) is 0.200. The van der Waals surface area contributed by atoms with Crippen LogP contribution < -0.4 is 11.1 Å². The highest BCUT2D eigenvalue weighted by Gasteiger charge is 2.13. The average molecular weight is 250 g/mol. The molecule has 8 heteroatoms. The van der Waals surface area contributed by atoms with E-state index in [-0.39, 0.29) is 11.4 Å². The maximum absolute atomic E-state index is 13.5. The van der Waals surface area contributed by atoms with Crippen molar-refractivity contribution in [2.45, 2.75) is 6.42 Å². The van der Waals surface area contributed by atoms with E-state index in [9.17, 15) is 9.18 Å². The standard InChI is InChI=1S/C10H11FN6O/c11-8-6(1-3-13-9(8)12)10(18)14-4-2-7-15-5-16-17-7/h1,3,5H,2,4H2,(H2,12,13)(H,14,18)(H,15,16,17). The van der Waals surface area contributed by atoms with Crippen molar-refractivity contribution in [2.24, 2.45) is 0 Å². The summed E-state index contributed by atoms with van der Waals surface area (Å²) in [5.41, 5.74) is 5.15. The molecule has 0 spiro atoms. The smallest absolute Gasteiger partial charge is 0.254 e. The van der Waals surface area contributed by atoms with Crippen LogP contribution in [0.5, 0.6) is 0 Å². The molecule has 0 radical (unpaired) electrons. The Morgan fingerprint density at radius 2 is 2.33 bits per heavy atom. The highest BCUT2D eigenvalue weighted by atomic mass is 19.1. The Kier molecular flexibility index (Phi) is 3.46. The summed E-state index contributed by atoms with van der Waals surface area (Å²) in [6, 6.07) is 1.27. The van der Waals surface area contributed by atoms with Crippen LogP contribution in [0.15, 0.2) is 18.6 Å². The fourth-order valence-corrected chi connectivity index (χ4v) is 1.38. The van der Waals surface area contributed by atoms with Gasteiger partial charge in [-0.25, -0.2) is 14.4 Å². The Morgan fingerprint density at radius 1 is 1.50 bits per heavy atom. The molecule has 0 aliphatic carbocycles. The summed E-state index contributed by atoms with van der Waals surface area (Å²) in [7, 11) is 0. The minimum absolute atomic E-state index is 0.125. The van der Waals surface area contributed by atoms with Gasteiger partial charge in [0.05, 0.1) is 5.56 Å². The van der Waals surface area contributed by atoms with Crippen molar-refractivity contribution >= 4 is 11.7 Å². The lowest BCUT2D eigenvalue weighted by Gasteiger charge is -2.05. The molecule has 4 N–H and O–H groups in total. The number of carbonyl (C=O) groups excluding carboxylic acids is 1. The van der Waals surface area contributed by atoms with E-state index < -0.39 is 11.7 Å². The quantitative estimate of drug-likeness (QED) is 0.701. The van der Waals surface area contributed by atoms with Crippen molar-refractivity contribution in [2.75, 3.05) is 12.3 Å². The largest absolute Gasteiger partial charge is 0.381 e. The van der Waals surface area contributed by atoms with E-state index in [4.69, 9.17) is 5.73 Å². The molecular weight excluding hydrogens is 239 g/mol. The van der Waals surface area contributed by atoms with E-state index in [2.05, 4.69) is 25.5 Å². The number of pyridine rings is 1. The van der Waals surface area contributed by atoms with Crippen molar-refractivity contribution < 1.29 is 9.18 Å². The molecule has 2 aromatic heterocycles. The fourth-order valence-electron chi connectivity index (χ4n) is 1.38. The monoisotopic (exact) mass is 250 g/mol. The first-order valence-corrected chi connectivity index (χ1v) is 5.21. The third-order valence-electron chi connectivity index (χ3n) is 2.27. The van der Waals surface area contributed by atoms with Gasteiger partial charge in [-0.05, 0) is 6.07 Å². The minimum Gasteiger partial charge on any atom is -0.381 e. The maximum atomic E-state index is 13.5. The van der Waals surface area contributed by atoms with Crippen molar-refractivity contribution in [1.29, 1.82) is 0 Å². The Bertz CT molecular complexity index is 541. The number of aromatic amines is 1. The summed E-state index contributed by atoms with van der Waals surface area (Å²) in [6.07, 6.45) is 3.14. The molecule has 0 aliphatic rings. The van der Waals surface area contributed by atoms with E-state index in [0.29, 0.717) is 18.8 Å². The lowest BCUT2D eigenvalue weighted by molar-refractivity contribution is 0.0950. The number of nitrogens with zero attached hydrogens (tertiary/aromatic N) is 3. The van der Waals surface area contributed by atoms with Gasteiger partial charge >= 0.3 is 0 Å². The van der Waals surface area contributed by atoms with Gasteiger partial charge in [0, 0.05) is 19.2 Å².